The van der Waals surface area contributed by atoms with Crippen molar-refractivity contribution in [2.24, 2.45) is 11.0 Å². The van der Waals surface area contributed by atoms with Crippen LogP contribution in [0.1, 0.15) is 42.9 Å². The van der Waals surface area contributed by atoms with Gasteiger partial charge in [0.1, 0.15) is 0 Å². The summed E-state index contributed by atoms with van der Waals surface area (Å²) in [4.78, 5) is 57.6. The van der Waals surface area contributed by atoms with Crippen LogP contribution in [0.2, 0.25) is 18.6 Å². The lowest BCUT2D eigenvalue weighted by molar-refractivity contribution is -0.149. The van der Waals surface area contributed by atoms with Gasteiger partial charge < -0.3 is 19.5 Å². The summed E-state index contributed by atoms with van der Waals surface area (Å²) in [5.74, 6) is -1.25. The average molecular weight is 717 g/mol. The second-order valence-corrected chi connectivity index (χ2v) is 18.4. The Morgan fingerprint density at radius 2 is 1.58 bits per heavy atom. The van der Waals surface area contributed by atoms with Crippen LogP contribution in [0.25, 0.3) is 0 Å². The molecular formula is C41H44N4O6Si. The van der Waals surface area contributed by atoms with Crippen molar-refractivity contribution in [1.82, 2.24) is 4.90 Å². The molecule has 1 fully saturated rings. The number of carbonyl (C=O) groups excluding carboxylic acids is 3. The third kappa shape index (κ3) is 6.38. The summed E-state index contributed by atoms with van der Waals surface area (Å²) in [5.41, 5.74) is 2.92. The van der Waals surface area contributed by atoms with E-state index in [2.05, 4.69) is 0 Å². The molecule has 4 aromatic carbocycles. The van der Waals surface area contributed by atoms with Crippen LogP contribution < -0.4 is 9.91 Å². The lowest BCUT2D eigenvalue weighted by Gasteiger charge is -2.33. The van der Waals surface area contributed by atoms with Gasteiger partial charge >= 0.3 is 0 Å². The zero-order chi connectivity index (χ0) is 36.6. The summed E-state index contributed by atoms with van der Waals surface area (Å²) in [5, 5.41) is 16.1. The molecule has 11 heteroatoms. The Morgan fingerprint density at radius 1 is 0.923 bits per heavy atom. The maximum atomic E-state index is 15.1. The van der Waals surface area contributed by atoms with Crippen molar-refractivity contribution in [2.45, 2.75) is 63.1 Å². The molecule has 7 rings (SSSR count). The molecule has 2 N–H and O–H groups in total. The number of para-hydroxylation sites is 1. The molecule has 1 saturated heterocycles. The van der Waals surface area contributed by atoms with Gasteiger partial charge in [0.15, 0.2) is 13.9 Å². The summed E-state index contributed by atoms with van der Waals surface area (Å²) < 4.78 is 6.99. The van der Waals surface area contributed by atoms with E-state index in [0.717, 1.165) is 16.8 Å². The summed E-state index contributed by atoms with van der Waals surface area (Å²) >= 11 is 0. The van der Waals surface area contributed by atoms with Gasteiger partial charge in [-0.1, -0.05) is 85.8 Å². The number of carbonyl (C=O) groups is 3. The number of aliphatic hydroxyl groups is 1. The molecule has 0 radical (unpaired) electrons. The highest BCUT2D eigenvalue weighted by atomic mass is 28.4. The quantitative estimate of drug-likeness (QED) is 0.191. The molecule has 3 amide bonds. The van der Waals surface area contributed by atoms with E-state index in [1.807, 2.05) is 123 Å². The molecule has 1 spiro atoms. The molecule has 0 aromatic heterocycles. The predicted octanol–water partition coefficient (Wildman–Crippen LogP) is 6.11. The van der Waals surface area contributed by atoms with E-state index in [-0.39, 0.29) is 43.7 Å². The van der Waals surface area contributed by atoms with Crippen LogP contribution in [0.4, 0.5) is 17.1 Å². The first-order valence-corrected chi connectivity index (χ1v) is 20.9. The van der Waals surface area contributed by atoms with Crippen molar-refractivity contribution in [3.05, 3.63) is 126 Å². The van der Waals surface area contributed by atoms with Crippen LogP contribution in [0, 0.1) is 5.92 Å². The number of ether oxygens (including phenoxy) is 1. The molecule has 268 valence electrons. The first-order chi connectivity index (χ1) is 25.0. The number of amides is 3. The second-order valence-electron chi connectivity index (χ2n) is 14.4. The van der Waals surface area contributed by atoms with Gasteiger partial charge in [-0.15, -0.1) is 0 Å². The maximum Gasteiger partial charge on any atom is 0.268 e. The lowest BCUT2D eigenvalue weighted by atomic mass is 9.82. The number of benzene rings is 4. The lowest BCUT2D eigenvalue weighted by Crippen LogP contribution is -2.45. The van der Waals surface area contributed by atoms with Gasteiger partial charge in [0.05, 0.1) is 36.2 Å². The van der Waals surface area contributed by atoms with Crippen LogP contribution in [-0.4, -0.2) is 65.8 Å². The summed E-state index contributed by atoms with van der Waals surface area (Å²) in [7, 11) is -3.10. The molecule has 0 aliphatic carbocycles. The number of hydrazone groups is 1. The molecule has 3 aliphatic rings. The Kier molecular flexibility index (Phi) is 9.70. The van der Waals surface area contributed by atoms with Crippen molar-refractivity contribution >= 4 is 48.8 Å². The second kappa shape index (κ2) is 14.2. The summed E-state index contributed by atoms with van der Waals surface area (Å²) in [6.07, 6.45) is -0.0767. The van der Waals surface area contributed by atoms with Gasteiger partial charge in [-0.3, -0.25) is 19.3 Å². The standard InChI is InChI=1S/C41H44N4O6Si/c1-28-39(52(2,3)50)36(26-38(48)43(23-24-46)27-29-13-7-4-8-14-29)51-41(28)33-25-32(19-21-35(33)44(40(41)49)31-17-11-6-12-18-31)45-37(47)22-20-34(42-45)30-15-9-5-10-16-30/h4-19,21,25,28,36,39,46,50H,20,22-24,26-27H2,1-3H3/t28-,36+,39-,41+/m1/s1. The monoisotopic (exact) mass is 716 g/mol. The summed E-state index contributed by atoms with van der Waals surface area (Å²) in [6, 6.07) is 34.1. The van der Waals surface area contributed by atoms with Crippen LogP contribution >= 0.6 is 0 Å². The highest BCUT2D eigenvalue weighted by Crippen LogP contribution is 2.61. The third-order valence-electron chi connectivity index (χ3n) is 10.6. The average Bonchev–Trinajstić information content (AvgIpc) is 3.58. The first kappa shape index (κ1) is 35.5. The van der Waals surface area contributed by atoms with Crippen LogP contribution in [0.3, 0.4) is 0 Å². The predicted molar refractivity (Wildman–Crippen MR) is 202 cm³/mol. The molecule has 0 saturated carbocycles. The first-order valence-electron chi connectivity index (χ1n) is 17.9. The molecule has 10 nitrogen and oxygen atoms in total. The van der Waals surface area contributed by atoms with Gasteiger partial charge in [-0.25, -0.2) is 5.01 Å². The fourth-order valence-electron chi connectivity index (χ4n) is 8.27. The topological polar surface area (TPSA) is 123 Å². The smallest absolute Gasteiger partial charge is 0.268 e. The van der Waals surface area contributed by atoms with Gasteiger partial charge in [0, 0.05) is 48.6 Å². The van der Waals surface area contributed by atoms with E-state index in [0.29, 0.717) is 35.6 Å². The van der Waals surface area contributed by atoms with Crippen molar-refractivity contribution < 1.29 is 29.0 Å². The minimum atomic E-state index is -3.10. The molecular weight excluding hydrogens is 673 g/mol. The van der Waals surface area contributed by atoms with Gasteiger partial charge in [-0.05, 0) is 54.6 Å². The highest BCUT2D eigenvalue weighted by molar-refractivity contribution is 6.71. The normalized spacial score (nSPS) is 22.9. The Balaban J connectivity index is 1.31. The Morgan fingerprint density at radius 3 is 2.23 bits per heavy atom. The molecule has 4 aromatic rings. The van der Waals surface area contributed by atoms with Crippen LogP contribution in [0.15, 0.2) is 114 Å². The van der Waals surface area contributed by atoms with Gasteiger partial charge in [0.25, 0.3) is 5.91 Å². The largest absolute Gasteiger partial charge is 0.432 e. The molecule has 3 aliphatic heterocycles. The number of fused-ring (bicyclic) bond motifs is 2. The van der Waals surface area contributed by atoms with Crippen molar-refractivity contribution in [2.75, 3.05) is 23.1 Å². The third-order valence-corrected chi connectivity index (χ3v) is 13.1. The number of anilines is 3. The molecule has 0 bridgehead atoms. The van der Waals surface area contributed by atoms with Crippen molar-refractivity contribution in [3.63, 3.8) is 0 Å². The number of hydrogen-bond acceptors (Lipinski definition) is 7. The number of rotatable bonds is 10. The van der Waals surface area contributed by atoms with E-state index in [4.69, 9.17) is 9.84 Å². The van der Waals surface area contributed by atoms with E-state index >= 15 is 4.79 Å². The minimum absolute atomic E-state index is 0.0798. The highest BCUT2D eigenvalue weighted by Gasteiger charge is 2.67. The fourth-order valence-corrected chi connectivity index (χ4v) is 10.8. The Hall–Kier alpha value is -4.94. The number of hydrogen-bond donors (Lipinski definition) is 2. The van der Waals surface area contributed by atoms with Crippen LogP contribution in [-0.2, 0) is 31.3 Å². The minimum Gasteiger partial charge on any atom is -0.432 e. The summed E-state index contributed by atoms with van der Waals surface area (Å²) in [6.45, 7) is 5.80. The van der Waals surface area contributed by atoms with Crippen molar-refractivity contribution in [1.29, 1.82) is 0 Å². The zero-order valence-electron chi connectivity index (χ0n) is 29.7. The van der Waals surface area contributed by atoms with Gasteiger partial charge in [-0.2, -0.15) is 5.10 Å². The maximum absolute atomic E-state index is 15.1. The van der Waals surface area contributed by atoms with E-state index in [1.54, 1.807) is 15.9 Å². The van der Waals surface area contributed by atoms with E-state index in [9.17, 15) is 19.5 Å². The molecule has 3 heterocycles. The molecule has 4 atom stereocenters. The van der Waals surface area contributed by atoms with Crippen LogP contribution in [0.5, 0.6) is 0 Å². The van der Waals surface area contributed by atoms with E-state index in [1.165, 1.54) is 5.01 Å². The van der Waals surface area contributed by atoms with E-state index < -0.39 is 31.5 Å². The molecule has 0 unspecified atom stereocenters. The Labute approximate surface area is 305 Å². The van der Waals surface area contributed by atoms with Crippen molar-refractivity contribution in [3.8, 4) is 0 Å². The SMILES string of the molecule is C[C@@H]1[C@@H]([Si](C)(C)O)[C@H](CC(=O)N(CCO)Cc2ccccc2)O[C@@]12C(=O)N(c1ccccc1)c1ccc(N3N=C(c4ccccc4)CCC3=O)cc12. The Bertz CT molecular complexity index is 1990. The zero-order valence-corrected chi connectivity index (χ0v) is 30.7. The fraction of sp³-hybridized carbons (Fsp3) is 0.317. The van der Waals surface area contributed by atoms with Gasteiger partial charge in [0.2, 0.25) is 11.8 Å². The number of aliphatic hydroxyl groups excluding tert-OH is 1. The number of nitrogens with zero attached hydrogens (tertiary/aromatic N) is 4. The molecule has 52 heavy (non-hydrogen) atoms.